The van der Waals surface area contributed by atoms with Crippen LogP contribution in [0.15, 0.2) is 0 Å². The smallest absolute Gasteiger partial charge is 2.00 e. The quantitative estimate of drug-likeness (QED) is 0.335. The Morgan fingerprint density at radius 3 is 0.400 bits per heavy atom. The van der Waals surface area contributed by atoms with Crippen LogP contribution in [0, 0.1) is 7.43 Å². The van der Waals surface area contributed by atoms with Gasteiger partial charge >= 0.3 is 163 Å². The average molecular weight is 544 g/mol. The first kappa shape index (κ1) is 114. The normalized spacial score (nSPS) is 0. The second-order valence-corrected chi connectivity index (χ2v) is 0. The molecule has 0 saturated heterocycles. The molecule has 0 amide bonds. The van der Waals surface area contributed by atoms with Crippen LogP contribution in [0.5, 0.6) is 0 Å². The minimum atomic E-state index is 0. The summed E-state index contributed by atoms with van der Waals surface area (Å²) in [5.41, 5.74) is 0. The zero-order valence-electron chi connectivity index (χ0n) is 5.11. The number of hydrogen-bond acceptors (Lipinski definition) is 0. The Morgan fingerprint density at radius 2 is 0.400 bits per heavy atom. The van der Waals surface area contributed by atoms with E-state index >= 15 is 0 Å². The maximum atomic E-state index is 0. The molecule has 0 saturated carbocycles. The summed E-state index contributed by atoms with van der Waals surface area (Å²) < 4.78 is 0. The minimum absolute atomic E-state index is 0. The predicted molar refractivity (Wildman–Crippen MR) is 18.2 cm³/mol. The molecule has 0 aromatic carbocycles. The van der Waals surface area contributed by atoms with Crippen LogP contribution in [-0.2, 0) is 92.8 Å². The van der Waals surface area contributed by atoms with Crippen molar-refractivity contribution in [2.75, 3.05) is 0 Å². The summed E-state index contributed by atoms with van der Waals surface area (Å²) in [4.78, 5) is 0. The monoisotopic (exact) mass is 546 g/mol. The SMILES string of the molecule is [Ba+2].[Ba+2].[C].[O-2].[O-2].[O-2].[O-2].[O-2].[Y+3].[Y+3]. The molecule has 0 aliphatic carbocycles. The molecule has 0 heterocycles. The van der Waals surface area contributed by atoms with Crippen molar-refractivity contribution < 1.29 is 92.8 Å². The second-order valence-electron chi connectivity index (χ2n) is 0. The van der Waals surface area contributed by atoms with Gasteiger partial charge in [-0.05, 0) is 0 Å². The van der Waals surface area contributed by atoms with Gasteiger partial charge in [0.1, 0.15) is 0 Å². The first-order valence-corrected chi connectivity index (χ1v) is 0. The molecular formula is CBa2O5Y2. The van der Waals surface area contributed by atoms with E-state index in [0.717, 1.165) is 0 Å². The van der Waals surface area contributed by atoms with Gasteiger partial charge in [-0.25, -0.2) is 0 Å². The standard InChI is InChI=1S/C.2Ba.5O.2Y/q;2*+2;5*-2;2*+3. The zero-order chi connectivity index (χ0) is 0. The summed E-state index contributed by atoms with van der Waals surface area (Å²) in [6.07, 6.45) is 0. The van der Waals surface area contributed by atoms with Crippen molar-refractivity contribution in [3.8, 4) is 0 Å². The van der Waals surface area contributed by atoms with Gasteiger partial charge in [-0.2, -0.15) is 0 Å². The summed E-state index contributed by atoms with van der Waals surface area (Å²) in [5.74, 6) is 0. The fraction of sp³-hybridized carbons (Fsp3) is 0. The van der Waals surface area contributed by atoms with E-state index in [1.54, 1.807) is 0 Å². The average Bonchev–Trinajstić information content (AvgIpc) is 0. The van der Waals surface area contributed by atoms with Crippen molar-refractivity contribution in [3.63, 3.8) is 0 Å². The molecule has 0 atom stereocenters. The van der Waals surface area contributed by atoms with Gasteiger partial charge in [0.25, 0.3) is 0 Å². The molecule has 0 rings (SSSR count). The Hall–Kier alpha value is 5.15. The summed E-state index contributed by atoms with van der Waals surface area (Å²) >= 11 is 0. The number of hydrogen-bond donors (Lipinski definition) is 0. The number of rotatable bonds is 0. The summed E-state index contributed by atoms with van der Waals surface area (Å²) in [6.45, 7) is 0. The molecule has 0 aromatic heterocycles. The van der Waals surface area contributed by atoms with E-state index in [9.17, 15) is 0 Å². The summed E-state index contributed by atoms with van der Waals surface area (Å²) in [6, 6.07) is 0. The third kappa shape index (κ3) is 73.2. The van der Waals surface area contributed by atoms with Crippen molar-refractivity contribution in [3.05, 3.63) is 7.43 Å². The van der Waals surface area contributed by atoms with Gasteiger partial charge in [0.05, 0.1) is 0 Å². The van der Waals surface area contributed by atoms with Crippen molar-refractivity contribution in [1.29, 1.82) is 0 Å². The van der Waals surface area contributed by atoms with E-state index in [0.29, 0.717) is 0 Å². The van der Waals surface area contributed by atoms with Crippen molar-refractivity contribution in [2.24, 2.45) is 0 Å². The van der Waals surface area contributed by atoms with E-state index in [4.69, 9.17) is 0 Å². The van der Waals surface area contributed by atoms with Gasteiger partial charge < -0.3 is 27.4 Å². The van der Waals surface area contributed by atoms with Gasteiger partial charge in [-0.15, -0.1) is 0 Å². The summed E-state index contributed by atoms with van der Waals surface area (Å²) in [7, 11) is 0. The fourth-order valence-electron chi connectivity index (χ4n) is 0. The molecule has 0 fully saturated rings. The van der Waals surface area contributed by atoms with Crippen molar-refractivity contribution in [1.82, 2.24) is 0 Å². The molecule has 9 heteroatoms. The van der Waals surface area contributed by atoms with Gasteiger partial charge in [0, 0.05) is 7.43 Å². The van der Waals surface area contributed by atoms with E-state index < -0.39 is 0 Å². The molecule has 0 unspecified atom stereocenters. The first-order valence-electron chi connectivity index (χ1n) is 0. The molecule has 0 bridgehead atoms. The third-order valence-electron chi connectivity index (χ3n) is 0. The Balaban J connectivity index is 0. The van der Waals surface area contributed by atoms with Crippen LogP contribution in [0.2, 0.25) is 0 Å². The molecular weight excluding hydrogens is 544 g/mol. The van der Waals surface area contributed by atoms with E-state index in [2.05, 4.69) is 0 Å². The van der Waals surface area contributed by atoms with Crippen molar-refractivity contribution in [2.45, 2.75) is 0 Å². The van der Waals surface area contributed by atoms with E-state index in [-0.39, 0.29) is 198 Å². The fourth-order valence-corrected chi connectivity index (χ4v) is 0. The summed E-state index contributed by atoms with van der Waals surface area (Å²) in [5, 5.41) is 0. The van der Waals surface area contributed by atoms with Crippen LogP contribution in [0.1, 0.15) is 0 Å². The van der Waals surface area contributed by atoms with E-state index in [1.165, 1.54) is 0 Å². The Morgan fingerprint density at radius 1 is 0.400 bits per heavy atom. The predicted octanol–water partition coefficient (Wildman–Crippen LogP) is -1.28. The second kappa shape index (κ2) is 92.2. The van der Waals surface area contributed by atoms with Crippen LogP contribution in [0.4, 0.5) is 0 Å². The maximum Gasteiger partial charge on any atom is 3.00 e. The maximum absolute atomic E-state index is 0. The van der Waals surface area contributed by atoms with Gasteiger partial charge in [-0.1, -0.05) is 0 Å². The van der Waals surface area contributed by atoms with Crippen LogP contribution in [0.3, 0.4) is 0 Å². The molecule has 4 radical (unpaired) electrons. The zero-order valence-corrected chi connectivity index (χ0v) is 19.7. The van der Waals surface area contributed by atoms with Gasteiger partial charge in [0.2, 0.25) is 0 Å². The van der Waals surface area contributed by atoms with Gasteiger partial charge in [0.15, 0.2) is 0 Å². The molecule has 44 valence electrons. The molecule has 10 heavy (non-hydrogen) atoms. The molecule has 0 aliphatic heterocycles. The van der Waals surface area contributed by atoms with Crippen LogP contribution in [0.25, 0.3) is 0 Å². The topological polar surface area (TPSA) is 142 Å². The first-order chi connectivity index (χ1) is 0. The molecule has 0 spiro atoms. The Kier molecular flexibility index (Phi) is 1050. The Bertz CT molecular complexity index is 17.6. The Labute approximate surface area is 192 Å². The minimum Gasteiger partial charge on any atom is -2.00 e. The van der Waals surface area contributed by atoms with Crippen LogP contribution < -0.4 is 0 Å². The largest absolute Gasteiger partial charge is 3.00 e. The molecule has 5 nitrogen and oxygen atoms in total. The molecule has 0 aliphatic rings. The third-order valence-corrected chi connectivity index (χ3v) is 0. The van der Waals surface area contributed by atoms with Crippen LogP contribution in [-0.4, -0.2) is 97.8 Å². The molecule has 0 N–H and O–H groups in total. The van der Waals surface area contributed by atoms with Crippen molar-refractivity contribution >= 4 is 97.8 Å². The van der Waals surface area contributed by atoms with E-state index in [1.807, 2.05) is 0 Å². The van der Waals surface area contributed by atoms with Crippen LogP contribution >= 0.6 is 0 Å². The van der Waals surface area contributed by atoms with Gasteiger partial charge in [-0.3, -0.25) is 0 Å². The molecule has 0 aromatic rings.